The van der Waals surface area contributed by atoms with Gasteiger partial charge in [0.25, 0.3) is 0 Å². The van der Waals surface area contributed by atoms with Crippen LogP contribution in [0.15, 0.2) is 28.7 Å². The molecule has 92 valence electrons. The highest BCUT2D eigenvalue weighted by Crippen LogP contribution is 2.29. The van der Waals surface area contributed by atoms with E-state index < -0.39 is 11.9 Å². The molecule has 0 heterocycles. The number of rotatable bonds is 3. The van der Waals surface area contributed by atoms with Crippen molar-refractivity contribution < 1.29 is 14.7 Å². The van der Waals surface area contributed by atoms with Crippen molar-refractivity contribution in [2.75, 3.05) is 6.54 Å². The molecule has 0 atom stereocenters. The monoisotopic (exact) mass is 299 g/mol. The van der Waals surface area contributed by atoms with Crippen LogP contribution in [-0.4, -0.2) is 23.5 Å². The molecule has 0 aliphatic heterocycles. The number of benzene rings is 1. The fourth-order valence-electron chi connectivity index (χ4n) is 1.48. The van der Waals surface area contributed by atoms with Gasteiger partial charge in [0.1, 0.15) is 0 Å². The average Bonchev–Trinajstić information content (AvgIpc) is 2.26. The van der Waals surface area contributed by atoms with Gasteiger partial charge < -0.3 is 10.4 Å². The number of carboxylic acid groups (broad SMARTS) is 1. The van der Waals surface area contributed by atoms with Gasteiger partial charge in [-0.05, 0) is 11.6 Å². The summed E-state index contributed by atoms with van der Waals surface area (Å²) >= 11 is 3.44. The zero-order valence-corrected chi connectivity index (χ0v) is 11.2. The van der Waals surface area contributed by atoms with Crippen LogP contribution in [0.5, 0.6) is 0 Å². The predicted molar refractivity (Wildman–Crippen MR) is 67.8 cm³/mol. The molecule has 0 aromatic heterocycles. The second-order valence-corrected chi connectivity index (χ2v) is 5.21. The molecule has 5 heteroatoms. The van der Waals surface area contributed by atoms with Crippen molar-refractivity contribution in [1.29, 1.82) is 0 Å². The molecule has 0 saturated heterocycles. The SMILES string of the molecule is CC(C)(CNC(=O)C(=O)O)c1ccccc1Br. The van der Waals surface area contributed by atoms with E-state index in [1.807, 2.05) is 38.1 Å². The summed E-state index contributed by atoms with van der Waals surface area (Å²) in [6.45, 7) is 4.14. The lowest BCUT2D eigenvalue weighted by Crippen LogP contribution is -2.40. The van der Waals surface area contributed by atoms with Crippen molar-refractivity contribution in [1.82, 2.24) is 5.32 Å². The first-order chi connectivity index (χ1) is 7.84. The Morgan fingerprint density at radius 2 is 1.94 bits per heavy atom. The molecular formula is C12H14BrNO3. The summed E-state index contributed by atoms with van der Waals surface area (Å²) in [7, 11) is 0. The van der Waals surface area contributed by atoms with Gasteiger partial charge in [0.2, 0.25) is 0 Å². The standard InChI is InChI=1S/C12H14BrNO3/c1-12(2,7-14-10(15)11(16)17)8-5-3-4-6-9(8)13/h3-6H,7H2,1-2H3,(H,14,15)(H,16,17). The van der Waals surface area contributed by atoms with Crippen LogP contribution in [-0.2, 0) is 15.0 Å². The van der Waals surface area contributed by atoms with Crippen molar-refractivity contribution in [2.45, 2.75) is 19.3 Å². The largest absolute Gasteiger partial charge is 0.474 e. The molecule has 0 saturated carbocycles. The first-order valence-corrected chi connectivity index (χ1v) is 5.90. The van der Waals surface area contributed by atoms with E-state index in [0.717, 1.165) is 10.0 Å². The van der Waals surface area contributed by atoms with Crippen molar-refractivity contribution >= 4 is 27.8 Å². The number of halogens is 1. The Morgan fingerprint density at radius 1 is 1.35 bits per heavy atom. The number of hydrogen-bond donors (Lipinski definition) is 2. The zero-order chi connectivity index (χ0) is 13.1. The van der Waals surface area contributed by atoms with Gasteiger partial charge in [-0.3, -0.25) is 4.79 Å². The second kappa shape index (κ2) is 5.31. The lowest BCUT2D eigenvalue weighted by Gasteiger charge is -2.26. The highest BCUT2D eigenvalue weighted by atomic mass is 79.9. The molecular weight excluding hydrogens is 286 g/mol. The van der Waals surface area contributed by atoms with E-state index in [9.17, 15) is 9.59 Å². The number of nitrogens with one attached hydrogen (secondary N) is 1. The minimum absolute atomic E-state index is 0.265. The minimum Gasteiger partial charge on any atom is -0.474 e. The third-order valence-electron chi connectivity index (χ3n) is 2.49. The molecule has 0 unspecified atom stereocenters. The molecule has 0 radical (unpaired) electrons. The predicted octanol–water partition coefficient (Wildman–Crippen LogP) is 1.93. The molecule has 0 bridgehead atoms. The molecule has 0 aliphatic carbocycles. The zero-order valence-electron chi connectivity index (χ0n) is 9.66. The molecule has 17 heavy (non-hydrogen) atoms. The first kappa shape index (κ1) is 13.7. The number of amides is 1. The van der Waals surface area contributed by atoms with E-state index in [2.05, 4.69) is 21.2 Å². The van der Waals surface area contributed by atoms with Crippen molar-refractivity contribution in [3.05, 3.63) is 34.3 Å². The summed E-state index contributed by atoms with van der Waals surface area (Å²) in [6.07, 6.45) is 0. The molecule has 1 aromatic carbocycles. The van der Waals surface area contributed by atoms with Crippen molar-refractivity contribution in [3.8, 4) is 0 Å². The Morgan fingerprint density at radius 3 is 2.47 bits per heavy atom. The van der Waals surface area contributed by atoms with Gasteiger partial charge in [0.05, 0.1) is 0 Å². The lowest BCUT2D eigenvalue weighted by molar-refractivity contribution is -0.150. The number of aliphatic carboxylic acids is 1. The van der Waals surface area contributed by atoms with Gasteiger partial charge in [-0.25, -0.2) is 4.79 Å². The minimum atomic E-state index is -1.46. The quantitative estimate of drug-likeness (QED) is 0.838. The van der Waals surface area contributed by atoms with Crippen LogP contribution < -0.4 is 5.32 Å². The van der Waals surface area contributed by atoms with Crippen LogP contribution in [0.4, 0.5) is 0 Å². The highest BCUT2D eigenvalue weighted by molar-refractivity contribution is 9.10. The van der Waals surface area contributed by atoms with Crippen molar-refractivity contribution in [2.24, 2.45) is 0 Å². The van der Waals surface area contributed by atoms with Crippen LogP contribution in [0.25, 0.3) is 0 Å². The third kappa shape index (κ3) is 3.56. The van der Waals surface area contributed by atoms with Crippen LogP contribution >= 0.6 is 15.9 Å². The van der Waals surface area contributed by atoms with Crippen LogP contribution in [0, 0.1) is 0 Å². The van der Waals surface area contributed by atoms with E-state index in [1.165, 1.54) is 0 Å². The van der Waals surface area contributed by atoms with Gasteiger partial charge in [0.15, 0.2) is 0 Å². The summed E-state index contributed by atoms with van der Waals surface area (Å²) in [5.74, 6) is -2.45. The molecule has 2 N–H and O–H groups in total. The lowest BCUT2D eigenvalue weighted by atomic mass is 9.84. The Bertz CT molecular complexity index is 443. The molecule has 4 nitrogen and oxygen atoms in total. The van der Waals surface area contributed by atoms with Crippen LogP contribution in [0.1, 0.15) is 19.4 Å². The van der Waals surface area contributed by atoms with Gasteiger partial charge in [-0.15, -0.1) is 0 Å². The van der Waals surface area contributed by atoms with E-state index in [1.54, 1.807) is 0 Å². The highest BCUT2D eigenvalue weighted by Gasteiger charge is 2.24. The molecule has 0 fully saturated rings. The van der Waals surface area contributed by atoms with Gasteiger partial charge in [-0.2, -0.15) is 0 Å². The third-order valence-corrected chi connectivity index (χ3v) is 3.18. The Hall–Kier alpha value is -1.36. The molecule has 1 rings (SSSR count). The maximum Gasteiger partial charge on any atom is 0.394 e. The fourth-order valence-corrected chi connectivity index (χ4v) is 2.30. The normalized spacial score (nSPS) is 11.0. The summed E-state index contributed by atoms with van der Waals surface area (Å²) in [5.41, 5.74) is 0.677. The van der Waals surface area contributed by atoms with E-state index in [4.69, 9.17) is 5.11 Å². The summed E-state index contributed by atoms with van der Waals surface area (Å²) in [6, 6.07) is 7.66. The number of hydrogen-bond acceptors (Lipinski definition) is 2. The number of carbonyl (C=O) groups excluding carboxylic acids is 1. The van der Waals surface area contributed by atoms with Gasteiger partial charge in [0, 0.05) is 16.4 Å². The Balaban J connectivity index is 2.79. The topological polar surface area (TPSA) is 66.4 Å². The van der Waals surface area contributed by atoms with Crippen LogP contribution in [0.3, 0.4) is 0 Å². The molecule has 0 aliphatic rings. The van der Waals surface area contributed by atoms with E-state index in [0.29, 0.717) is 0 Å². The smallest absolute Gasteiger partial charge is 0.394 e. The summed E-state index contributed by atoms with van der Waals surface area (Å²) in [4.78, 5) is 21.4. The van der Waals surface area contributed by atoms with Gasteiger partial charge >= 0.3 is 11.9 Å². The summed E-state index contributed by atoms with van der Waals surface area (Å²) in [5, 5.41) is 10.9. The average molecular weight is 300 g/mol. The Kier molecular flexibility index (Phi) is 4.28. The molecule has 1 amide bonds. The fraction of sp³-hybridized carbons (Fsp3) is 0.333. The Labute approximate surface area is 108 Å². The van der Waals surface area contributed by atoms with Crippen molar-refractivity contribution in [3.63, 3.8) is 0 Å². The maximum atomic E-state index is 11.0. The summed E-state index contributed by atoms with van der Waals surface area (Å²) < 4.78 is 0.939. The number of carboxylic acids is 1. The van der Waals surface area contributed by atoms with Gasteiger partial charge in [-0.1, -0.05) is 48.0 Å². The molecule has 0 spiro atoms. The van der Waals surface area contributed by atoms with E-state index >= 15 is 0 Å². The number of carbonyl (C=O) groups is 2. The first-order valence-electron chi connectivity index (χ1n) is 5.11. The van der Waals surface area contributed by atoms with Crippen LogP contribution in [0.2, 0.25) is 0 Å². The molecule has 1 aromatic rings. The van der Waals surface area contributed by atoms with E-state index in [-0.39, 0.29) is 12.0 Å². The second-order valence-electron chi connectivity index (χ2n) is 4.35. The maximum absolute atomic E-state index is 11.0.